The van der Waals surface area contributed by atoms with E-state index in [2.05, 4.69) is 12.2 Å². The molecule has 19 heavy (non-hydrogen) atoms. The summed E-state index contributed by atoms with van der Waals surface area (Å²) in [6.07, 6.45) is 0.658. The van der Waals surface area contributed by atoms with E-state index in [1.807, 2.05) is 25.1 Å². The van der Waals surface area contributed by atoms with Crippen LogP contribution in [0.3, 0.4) is 0 Å². The number of aliphatic hydroxyl groups is 1. The predicted octanol–water partition coefficient (Wildman–Crippen LogP) is 2.34. The maximum Gasteiger partial charge on any atom is 0.124 e. The Hall–Kier alpha value is -1.26. The maximum atomic E-state index is 9.99. The molecule has 1 atom stereocenters. The van der Waals surface area contributed by atoms with E-state index in [1.54, 1.807) is 14.0 Å². The van der Waals surface area contributed by atoms with Crippen LogP contribution < -0.4 is 14.8 Å². The number of ether oxygens (including phenoxy) is 2. The third kappa shape index (κ3) is 5.09. The molecule has 0 aromatic heterocycles. The first-order valence-electron chi connectivity index (χ1n) is 6.75. The van der Waals surface area contributed by atoms with Gasteiger partial charge >= 0.3 is 0 Å². The minimum Gasteiger partial charge on any atom is -0.497 e. The topological polar surface area (TPSA) is 50.7 Å². The van der Waals surface area contributed by atoms with Gasteiger partial charge in [-0.25, -0.2) is 0 Å². The molecule has 4 heteroatoms. The lowest BCUT2D eigenvalue weighted by Crippen LogP contribution is -2.31. The summed E-state index contributed by atoms with van der Waals surface area (Å²) in [5.41, 5.74) is 0.239. The first-order chi connectivity index (χ1) is 9.02. The molecule has 1 rings (SSSR count). The van der Waals surface area contributed by atoms with Gasteiger partial charge in [-0.05, 0) is 38.1 Å². The molecule has 0 radical (unpaired) electrons. The van der Waals surface area contributed by atoms with Gasteiger partial charge in [0.05, 0.1) is 12.7 Å². The summed E-state index contributed by atoms with van der Waals surface area (Å²) in [6, 6.07) is 5.71. The molecule has 0 saturated heterocycles. The Labute approximate surface area is 115 Å². The number of hydrogen-bond acceptors (Lipinski definition) is 4. The quantitative estimate of drug-likeness (QED) is 0.759. The minimum absolute atomic E-state index is 0.287. The monoisotopic (exact) mass is 267 g/mol. The highest BCUT2D eigenvalue weighted by atomic mass is 16.5. The normalized spacial score (nSPS) is 13.9. The van der Waals surface area contributed by atoms with E-state index in [4.69, 9.17) is 9.47 Å². The van der Waals surface area contributed by atoms with Crippen LogP contribution in [0.5, 0.6) is 11.5 Å². The molecule has 0 spiro atoms. The molecule has 0 aliphatic heterocycles. The van der Waals surface area contributed by atoms with Crippen molar-refractivity contribution in [2.24, 2.45) is 0 Å². The van der Waals surface area contributed by atoms with Crippen LogP contribution in [0.15, 0.2) is 18.2 Å². The maximum absolute atomic E-state index is 9.99. The highest BCUT2D eigenvalue weighted by Crippen LogP contribution is 2.25. The average molecular weight is 267 g/mol. The zero-order valence-corrected chi connectivity index (χ0v) is 12.3. The van der Waals surface area contributed by atoms with Crippen LogP contribution in [0.2, 0.25) is 0 Å². The highest BCUT2D eigenvalue weighted by molar-refractivity contribution is 5.40. The molecule has 0 fully saturated rings. The first kappa shape index (κ1) is 15.8. The molecule has 1 aromatic carbocycles. The number of benzene rings is 1. The molecule has 0 amide bonds. The van der Waals surface area contributed by atoms with E-state index < -0.39 is 5.60 Å². The summed E-state index contributed by atoms with van der Waals surface area (Å²) in [5, 5.41) is 13.3. The van der Waals surface area contributed by atoms with Crippen molar-refractivity contribution < 1.29 is 14.6 Å². The summed E-state index contributed by atoms with van der Waals surface area (Å²) in [6.45, 7) is 7.68. The molecule has 0 aliphatic rings. The van der Waals surface area contributed by atoms with E-state index in [0.29, 0.717) is 6.42 Å². The van der Waals surface area contributed by atoms with Crippen molar-refractivity contribution in [3.8, 4) is 11.5 Å². The van der Waals surface area contributed by atoms with Gasteiger partial charge < -0.3 is 19.9 Å². The number of hydrogen-bond donors (Lipinski definition) is 2. The van der Waals surface area contributed by atoms with Crippen LogP contribution in [0.1, 0.15) is 32.8 Å². The van der Waals surface area contributed by atoms with Gasteiger partial charge in [0.2, 0.25) is 0 Å². The lowest BCUT2D eigenvalue weighted by atomic mass is 10.1. The Morgan fingerprint density at radius 2 is 2.05 bits per heavy atom. The molecule has 1 unspecified atom stereocenters. The molecular weight excluding hydrogens is 242 g/mol. The summed E-state index contributed by atoms with van der Waals surface area (Å²) >= 11 is 0. The molecule has 108 valence electrons. The molecule has 0 bridgehead atoms. The zero-order valence-electron chi connectivity index (χ0n) is 12.3. The third-order valence-corrected chi connectivity index (χ3v) is 3.13. The van der Waals surface area contributed by atoms with Gasteiger partial charge in [-0.15, -0.1) is 0 Å². The Bertz CT molecular complexity index is 391. The van der Waals surface area contributed by atoms with Gasteiger partial charge in [0.15, 0.2) is 0 Å². The average Bonchev–Trinajstić information content (AvgIpc) is 2.43. The minimum atomic E-state index is -0.796. The van der Waals surface area contributed by atoms with E-state index in [9.17, 15) is 5.11 Å². The third-order valence-electron chi connectivity index (χ3n) is 3.13. The molecular formula is C15H25NO3. The van der Waals surface area contributed by atoms with Crippen LogP contribution in [0, 0.1) is 0 Å². The summed E-state index contributed by atoms with van der Waals surface area (Å²) < 4.78 is 11.0. The Kier molecular flexibility index (Phi) is 6.12. The zero-order chi connectivity index (χ0) is 14.3. The van der Waals surface area contributed by atoms with Crippen molar-refractivity contribution in [2.45, 2.75) is 39.3 Å². The fourth-order valence-electron chi connectivity index (χ4n) is 1.56. The summed E-state index contributed by atoms with van der Waals surface area (Å²) in [4.78, 5) is 0. The van der Waals surface area contributed by atoms with Crippen LogP contribution in [-0.4, -0.2) is 31.0 Å². The highest BCUT2D eigenvalue weighted by Gasteiger charge is 2.19. The summed E-state index contributed by atoms with van der Waals surface area (Å²) in [5.74, 6) is 1.60. The van der Waals surface area contributed by atoms with Crippen molar-refractivity contribution in [3.05, 3.63) is 23.8 Å². The van der Waals surface area contributed by atoms with E-state index in [1.165, 1.54) is 0 Å². The Balaban J connectivity index is 2.80. The van der Waals surface area contributed by atoms with Crippen LogP contribution >= 0.6 is 0 Å². The largest absolute Gasteiger partial charge is 0.497 e. The van der Waals surface area contributed by atoms with Crippen molar-refractivity contribution >= 4 is 0 Å². The van der Waals surface area contributed by atoms with Crippen LogP contribution in [0.4, 0.5) is 0 Å². The fraction of sp³-hybridized carbons (Fsp3) is 0.600. The van der Waals surface area contributed by atoms with Gasteiger partial charge in [0.1, 0.15) is 18.1 Å². The second kappa shape index (κ2) is 7.36. The van der Waals surface area contributed by atoms with E-state index in [0.717, 1.165) is 30.2 Å². The SMILES string of the molecule is CCNCc1cc(OC)ccc1OCC(C)(O)CC. The summed E-state index contributed by atoms with van der Waals surface area (Å²) in [7, 11) is 1.65. The molecule has 0 saturated carbocycles. The Morgan fingerprint density at radius 1 is 1.32 bits per heavy atom. The molecule has 2 N–H and O–H groups in total. The van der Waals surface area contributed by atoms with Crippen molar-refractivity contribution in [1.29, 1.82) is 0 Å². The van der Waals surface area contributed by atoms with Crippen LogP contribution in [0.25, 0.3) is 0 Å². The number of rotatable bonds is 8. The van der Waals surface area contributed by atoms with Crippen molar-refractivity contribution in [3.63, 3.8) is 0 Å². The second-order valence-corrected chi connectivity index (χ2v) is 4.89. The fourth-order valence-corrected chi connectivity index (χ4v) is 1.56. The van der Waals surface area contributed by atoms with Gasteiger partial charge in [0, 0.05) is 12.1 Å². The van der Waals surface area contributed by atoms with Crippen LogP contribution in [-0.2, 0) is 6.54 Å². The number of methoxy groups -OCH3 is 1. The Morgan fingerprint density at radius 3 is 2.63 bits per heavy atom. The van der Waals surface area contributed by atoms with Crippen molar-refractivity contribution in [2.75, 3.05) is 20.3 Å². The number of nitrogens with one attached hydrogen (secondary N) is 1. The van der Waals surface area contributed by atoms with Gasteiger partial charge in [-0.2, -0.15) is 0 Å². The van der Waals surface area contributed by atoms with Crippen molar-refractivity contribution in [1.82, 2.24) is 5.32 Å². The van der Waals surface area contributed by atoms with Gasteiger partial charge in [-0.3, -0.25) is 0 Å². The van der Waals surface area contributed by atoms with E-state index in [-0.39, 0.29) is 6.61 Å². The van der Waals surface area contributed by atoms with E-state index >= 15 is 0 Å². The second-order valence-electron chi connectivity index (χ2n) is 4.89. The molecule has 1 aromatic rings. The van der Waals surface area contributed by atoms with Gasteiger partial charge in [-0.1, -0.05) is 13.8 Å². The molecule has 0 heterocycles. The standard InChI is InChI=1S/C15H25NO3/c1-5-15(3,17)11-19-14-8-7-13(18-4)9-12(14)10-16-6-2/h7-9,16-17H,5-6,10-11H2,1-4H3. The first-order valence-corrected chi connectivity index (χ1v) is 6.75. The van der Waals surface area contributed by atoms with Gasteiger partial charge in [0.25, 0.3) is 0 Å². The lowest BCUT2D eigenvalue weighted by molar-refractivity contribution is 0.00815. The molecule has 4 nitrogen and oxygen atoms in total. The smallest absolute Gasteiger partial charge is 0.124 e. The molecule has 0 aliphatic carbocycles. The lowest BCUT2D eigenvalue weighted by Gasteiger charge is -2.22. The predicted molar refractivity (Wildman–Crippen MR) is 76.8 cm³/mol.